The van der Waals surface area contributed by atoms with Crippen molar-refractivity contribution >= 4 is 27.7 Å². The van der Waals surface area contributed by atoms with E-state index in [9.17, 15) is 4.39 Å². The van der Waals surface area contributed by atoms with Crippen LogP contribution in [-0.2, 0) is 4.84 Å². The molecule has 0 unspecified atom stereocenters. The third kappa shape index (κ3) is 3.11. The fourth-order valence-electron chi connectivity index (χ4n) is 2.86. The lowest BCUT2D eigenvalue weighted by Crippen LogP contribution is -2.13. The molecule has 0 spiro atoms. The van der Waals surface area contributed by atoms with Gasteiger partial charge < -0.3 is 14.0 Å². The van der Waals surface area contributed by atoms with Gasteiger partial charge in [0.1, 0.15) is 42.2 Å². The van der Waals surface area contributed by atoms with Crippen molar-refractivity contribution in [3.63, 3.8) is 0 Å². The van der Waals surface area contributed by atoms with E-state index in [2.05, 4.69) is 5.16 Å². The Kier molecular flexibility index (Phi) is 4.27. The highest BCUT2D eigenvalue weighted by Gasteiger charge is 2.10. The predicted molar refractivity (Wildman–Crippen MR) is 99.2 cm³/mol. The first-order valence-corrected chi connectivity index (χ1v) is 8.14. The number of furan rings is 1. The van der Waals surface area contributed by atoms with Crippen LogP contribution >= 0.6 is 0 Å². The SMILES string of the molecule is CO/N=C(/COc1ccc2oc3ccccc3c2c1)c1ccc(F)cc1. The largest absolute Gasteiger partial charge is 0.487 e. The molecule has 4 rings (SSSR count). The molecule has 0 aliphatic rings. The number of hydrogen-bond acceptors (Lipinski definition) is 4. The lowest BCUT2D eigenvalue weighted by Gasteiger charge is -2.09. The number of rotatable bonds is 5. The van der Waals surface area contributed by atoms with Gasteiger partial charge in [-0.2, -0.15) is 0 Å². The minimum Gasteiger partial charge on any atom is -0.487 e. The van der Waals surface area contributed by atoms with E-state index in [-0.39, 0.29) is 12.4 Å². The lowest BCUT2D eigenvalue weighted by atomic mass is 10.1. The van der Waals surface area contributed by atoms with Crippen LogP contribution in [0.3, 0.4) is 0 Å². The molecule has 0 aliphatic carbocycles. The molecule has 4 aromatic rings. The van der Waals surface area contributed by atoms with Gasteiger partial charge in [-0.3, -0.25) is 0 Å². The first kappa shape index (κ1) is 16.1. The Morgan fingerprint density at radius 1 is 0.962 bits per heavy atom. The number of fused-ring (bicyclic) bond motifs is 3. The third-order valence-electron chi connectivity index (χ3n) is 4.10. The highest BCUT2D eigenvalue weighted by molar-refractivity contribution is 6.05. The van der Waals surface area contributed by atoms with Crippen LogP contribution in [0.25, 0.3) is 21.9 Å². The van der Waals surface area contributed by atoms with E-state index in [4.69, 9.17) is 14.0 Å². The number of halogens is 1. The van der Waals surface area contributed by atoms with Crippen LogP contribution in [0.4, 0.5) is 4.39 Å². The molecule has 26 heavy (non-hydrogen) atoms. The molecule has 0 fully saturated rings. The third-order valence-corrected chi connectivity index (χ3v) is 4.10. The fourth-order valence-corrected chi connectivity index (χ4v) is 2.86. The fraction of sp³-hybridized carbons (Fsp3) is 0.0952. The molecule has 0 saturated heterocycles. The van der Waals surface area contributed by atoms with E-state index >= 15 is 0 Å². The van der Waals surface area contributed by atoms with E-state index in [0.29, 0.717) is 11.5 Å². The van der Waals surface area contributed by atoms with Gasteiger partial charge in [0.05, 0.1) is 0 Å². The molecule has 4 nitrogen and oxygen atoms in total. The second-order valence-corrected chi connectivity index (χ2v) is 5.77. The van der Waals surface area contributed by atoms with Gasteiger partial charge in [-0.25, -0.2) is 4.39 Å². The molecule has 0 amide bonds. The zero-order valence-electron chi connectivity index (χ0n) is 14.1. The summed E-state index contributed by atoms with van der Waals surface area (Å²) in [5, 5.41) is 6.02. The van der Waals surface area contributed by atoms with Crippen molar-refractivity contribution in [3.8, 4) is 5.75 Å². The van der Waals surface area contributed by atoms with Crippen molar-refractivity contribution in [2.24, 2.45) is 5.16 Å². The number of oxime groups is 1. The van der Waals surface area contributed by atoms with Crippen molar-refractivity contribution in [2.75, 3.05) is 13.7 Å². The monoisotopic (exact) mass is 349 g/mol. The number of para-hydroxylation sites is 1. The Bertz CT molecular complexity index is 1080. The number of nitrogens with zero attached hydrogens (tertiary/aromatic N) is 1. The Labute approximate surface area is 149 Å². The van der Waals surface area contributed by atoms with E-state index < -0.39 is 0 Å². The zero-order valence-corrected chi connectivity index (χ0v) is 14.1. The van der Waals surface area contributed by atoms with Crippen molar-refractivity contribution in [1.82, 2.24) is 0 Å². The van der Waals surface area contributed by atoms with Crippen LogP contribution < -0.4 is 4.74 Å². The summed E-state index contributed by atoms with van der Waals surface area (Å²) in [7, 11) is 1.47. The summed E-state index contributed by atoms with van der Waals surface area (Å²) in [4.78, 5) is 4.89. The molecule has 1 heterocycles. The lowest BCUT2D eigenvalue weighted by molar-refractivity contribution is 0.210. The molecule has 1 aromatic heterocycles. The predicted octanol–water partition coefficient (Wildman–Crippen LogP) is 5.15. The number of hydrogen-bond donors (Lipinski definition) is 0. The van der Waals surface area contributed by atoms with Crippen molar-refractivity contribution in [2.45, 2.75) is 0 Å². The smallest absolute Gasteiger partial charge is 0.135 e. The van der Waals surface area contributed by atoms with Gasteiger partial charge in [0.15, 0.2) is 0 Å². The second kappa shape index (κ2) is 6.88. The number of ether oxygens (including phenoxy) is 1. The summed E-state index contributed by atoms with van der Waals surface area (Å²) in [5.74, 6) is 0.388. The normalized spacial score (nSPS) is 11.8. The van der Waals surface area contributed by atoms with Crippen LogP contribution in [0.15, 0.2) is 76.3 Å². The Morgan fingerprint density at radius 3 is 2.54 bits per heavy atom. The molecular weight excluding hydrogens is 333 g/mol. The van der Waals surface area contributed by atoms with Gasteiger partial charge in [0, 0.05) is 16.3 Å². The van der Waals surface area contributed by atoms with Crippen LogP contribution in [0.5, 0.6) is 5.75 Å². The molecule has 0 aliphatic heterocycles. The minimum absolute atomic E-state index is 0.195. The average Bonchev–Trinajstić information content (AvgIpc) is 3.04. The quantitative estimate of drug-likeness (QED) is 0.369. The van der Waals surface area contributed by atoms with E-state index in [1.807, 2.05) is 42.5 Å². The first-order chi connectivity index (χ1) is 12.7. The molecule has 0 saturated carbocycles. The van der Waals surface area contributed by atoms with E-state index in [0.717, 1.165) is 27.5 Å². The van der Waals surface area contributed by atoms with Gasteiger partial charge in [-0.05, 0) is 48.5 Å². The van der Waals surface area contributed by atoms with Crippen LogP contribution in [0, 0.1) is 5.82 Å². The molecule has 130 valence electrons. The molecule has 0 atom stereocenters. The van der Waals surface area contributed by atoms with E-state index in [1.165, 1.54) is 19.2 Å². The number of benzene rings is 3. The Hall–Kier alpha value is -3.34. The molecular formula is C21H16FNO3. The van der Waals surface area contributed by atoms with Gasteiger partial charge in [0.2, 0.25) is 0 Å². The summed E-state index contributed by atoms with van der Waals surface area (Å²) in [5.41, 5.74) is 2.96. The topological polar surface area (TPSA) is 44.0 Å². The summed E-state index contributed by atoms with van der Waals surface area (Å²) in [6.07, 6.45) is 0. The minimum atomic E-state index is -0.302. The maximum atomic E-state index is 13.1. The highest BCUT2D eigenvalue weighted by atomic mass is 19.1. The second-order valence-electron chi connectivity index (χ2n) is 5.77. The summed E-state index contributed by atoms with van der Waals surface area (Å²) in [6, 6.07) is 19.6. The summed E-state index contributed by atoms with van der Waals surface area (Å²) in [6.45, 7) is 0.195. The van der Waals surface area contributed by atoms with Gasteiger partial charge in [-0.15, -0.1) is 0 Å². The maximum Gasteiger partial charge on any atom is 0.135 e. The van der Waals surface area contributed by atoms with Crippen molar-refractivity contribution in [1.29, 1.82) is 0 Å². The molecule has 0 bridgehead atoms. The van der Waals surface area contributed by atoms with Gasteiger partial charge in [0.25, 0.3) is 0 Å². The Morgan fingerprint density at radius 2 is 1.73 bits per heavy atom. The molecule has 3 aromatic carbocycles. The first-order valence-electron chi connectivity index (χ1n) is 8.14. The van der Waals surface area contributed by atoms with Crippen molar-refractivity contribution < 1.29 is 18.4 Å². The van der Waals surface area contributed by atoms with Gasteiger partial charge in [-0.1, -0.05) is 23.4 Å². The zero-order chi connectivity index (χ0) is 17.9. The molecule has 0 N–H and O–H groups in total. The summed E-state index contributed by atoms with van der Waals surface area (Å²) >= 11 is 0. The average molecular weight is 349 g/mol. The molecule has 0 radical (unpaired) electrons. The maximum absolute atomic E-state index is 13.1. The van der Waals surface area contributed by atoms with Crippen molar-refractivity contribution in [3.05, 3.63) is 78.1 Å². The highest BCUT2D eigenvalue weighted by Crippen LogP contribution is 2.31. The van der Waals surface area contributed by atoms with E-state index in [1.54, 1.807) is 12.1 Å². The van der Waals surface area contributed by atoms with Gasteiger partial charge >= 0.3 is 0 Å². The van der Waals surface area contributed by atoms with Crippen LogP contribution in [-0.4, -0.2) is 19.4 Å². The van der Waals surface area contributed by atoms with Crippen LogP contribution in [0.2, 0.25) is 0 Å². The molecule has 5 heteroatoms. The Balaban J connectivity index is 1.60. The van der Waals surface area contributed by atoms with Crippen LogP contribution in [0.1, 0.15) is 5.56 Å². The standard InChI is InChI=1S/C21H16FNO3/c1-24-23-19(14-6-8-15(22)9-7-14)13-25-16-10-11-21-18(12-16)17-4-2-3-5-20(17)26-21/h2-12H,13H2,1H3/b23-19-. The summed E-state index contributed by atoms with van der Waals surface area (Å²) < 4.78 is 24.8.